The number of hydrogen-bond donors (Lipinski definition) is 1. The molecule has 1 heterocycles. The molecule has 0 fully saturated rings. The zero-order valence-electron chi connectivity index (χ0n) is 10.0. The van der Waals surface area contributed by atoms with Crippen LogP contribution >= 0.6 is 11.8 Å². The molecule has 0 aromatic carbocycles. The van der Waals surface area contributed by atoms with Gasteiger partial charge in [0.15, 0.2) is 0 Å². The van der Waals surface area contributed by atoms with Gasteiger partial charge in [0.25, 0.3) is 0 Å². The molecule has 1 aromatic heterocycles. The highest BCUT2D eigenvalue weighted by Crippen LogP contribution is 2.12. The average molecular weight is 261 g/mol. The van der Waals surface area contributed by atoms with Gasteiger partial charge in [-0.15, -0.1) is 5.10 Å². The molecule has 2 N–H and O–H groups in total. The molecule has 0 bridgehead atoms. The lowest BCUT2D eigenvalue weighted by Crippen LogP contribution is -2.12. The second-order valence-corrected chi connectivity index (χ2v) is 4.34. The van der Waals surface area contributed by atoms with Crippen molar-refractivity contribution in [2.24, 2.45) is 5.73 Å². The topological polar surface area (TPSA) is 88.1 Å². The van der Waals surface area contributed by atoms with Crippen LogP contribution in [0, 0.1) is 0 Å². The van der Waals surface area contributed by atoms with E-state index in [2.05, 4.69) is 15.5 Å². The first kappa shape index (κ1) is 14.4. The van der Waals surface area contributed by atoms with Crippen molar-refractivity contribution in [3.8, 4) is 0 Å². The summed E-state index contributed by atoms with van der Waals surface area (Å²) < 4.78 is 12.1. The van der Waals surface area contributed by atoms with E-state index < -0.39 is 0 Å². The van der Waals surface area contributed by atoms with Gasteiger partial charge in [0, 0.05) is 32.6 Å². The number of nitrogens with zero attached hydrogens (tertiary/aromatic N) is 4. The van der Waals surface area contributed by atoms with E-state index in [0.717, 1.165) is 30.5 Å². The Morgan fingerprint density at radius 2 is 2.24 bits per heavy atom. The Labute approximate surface area is 105 Å². The summed E-state index contributed by atoms with van der Waals surface area (Å²) in [7, 11) is 1.69. The van der Waals surface area contributed by atoms with Crippen molar-refractivity contribution in [2.75, 3.05) is 39.2 Å². The third kappa shape index (κ3) is 5.97. The summed E-state index contributed by atoms with van der Waals surface area (Å²) in [4.78, 5) is 0. The van der Waals surface area contributed by atoms with Gasteiger partial charge in [-0.3, -0.25) is 0 Å². The molecule has 0 aliphatic rings. The van der Waals surface area contributed by atoms with Crippen LogP contribution in [-0.2, 0) is 16.0 Å². The van der Waals surface area contributed by atoms with Crippen LogP contribution in [-0.4, -0.2) is 59.4 Å². The predicted octanol–water partition coefficient (Wildman–Crippen LogP) is -0.223. The number of rotatable bonds is 10. The number of thioether (sulfide) groups is 1. The SMILES string of the molecule is COCCCOCCSc1nnnn1CCN. The Kier molecular flexibility index (Phi) is 7.89. The zero-order chi connectivity index (χ0) is 12.3. The summed E-state index contributed by atoms with van der Waals surface area (Å²) in [6, 6.07) is 0. The van der Waals surface area contributed by atoms with E-state index in [4.69, 9.17) is 15.2 Å². The van der Waals surface area contributed by atoms with Gasteiger partial charge < -0.3 is 15.2 Å². The Hall–Kier alpha value is -0.700. The van der Waals surface area contributed by atoms with Gasteiger partial charge in [0.2, 0.25) is 5.16 Å². The van der Waals surface area contributed by atoms with Crippen LogP contribution in [0.25, 0.3) is 0 Å². The summed E-state index contributed by atoms with van der Waals surface area (Å²) in [5, 5.41) is 12.2. The van der Waals surface area contributed by atoms with E-state index in [1.54, 1.807) is 23.6 Å². The summed E-state index contributed by atoms with van der Waals surface area (Å²) in [6.45, 7) is 3.32. The van der Waals surface area contributed by atoms with E-state index in [0.29, 0.717) is 19.7 Å². The molecule has 0 atom stereocenters. The highest BCUT2D eigenvalue weighted by Gasteiger charge is 2.05. The second-order valence-electron chi connectivity index (χ2n) is 3.28. The standard InChI is InChI=1S/C9H19N5O2S/c1-15-5-2-6-16-7-8-17-9-11-12-13-14(9)4-3-10/h2-8,10H2,1H3. The van der Waals surface area contributed by atoms with E-state index in [9.17, 15) is 0 Å². The lowest BCUT2D eigenvalue weighted by atomic mass is 10.5. The average Bonchev–Trinajstić information content (AvgIpc) is 2.76. The third-order valence-corrected chi connectivity index (χ3v) is 2.86. The largest absolute Gasteiger partial charge is 0.385 e. The van der Waals surface area contributed by atoms with Gasteiger partial charge >= 0.3 is 0 Å². The minimum atomic E-state index is 0.534. The molecule has 98 valence electrons. The van der Waals surface area contributed by atoms with Crippen molar-refractivity contribution in [1.82, 2.24) is 20.2 Å². The Bertz CT molecular complexity index is 297. The van der Waals surface area contributed by atoms with Crippen molar-refractivity contribution < 1.29 is 9.47 Å². The predicted molar refractivity (Wildman–Crippen MR) is 64.9 cm³/mol. The first-order valence-corrected chi connectivity index (χ1v) is 6.52. The Balaban J connectivity index is 2.07. The van der Waals surface area contributed by atoms with Crippen LogP contribution in [0.5, 0.6) is 0 Å². The van der Waals surface area contributed by atoms with Gasteiger partial charge in [-0.2, -0.15) is 0 Å². The molecule has 1 rings (SSSR count). The highest BCUT2D eigenvalue weighted by molar-refractivity contribution is 7.99. The number of ether oxygens (including phenoxy) is 2. The van der Waals surface area contributed by atoms with Crippen LogP contribution in [0.1, 0.15) is 6.42 Å². The number of aromatic nitrogens is 4. The smallest absolute Gasteiger partial charge is 0.209 e. The molecular formula is C9H19N5O2S. The van der Waals surface area contributed by atoms with Gasteiger partial charge in [0.1, 0.15) is 0 Å². The van der Waals surface area contributed by atoms with Crippen LogP contribution in [0.15, 0.2) is 5.16 Å². The second kappa shape index (κ2) is 9.34. The molecule has 0 aliphatic carbocycles. The first-order chi connectivity index (χ1) is 8.38. The Morgan fingerprint density at radius 1 is 1.35 bits per heavy atom. The minimum absolute atomic E-state index is 0.534. The van der Waals surface area contributed by atoms with Gasteiger partial charge in [0.05, 0.1) is 13.2 Å². The molecule has 0 unspecified atom stereocenters. The normalized spacial score (nSPS) is 10.9. The lowest BCUT2D eigenvalue weighted by Gasteiger charge is -2.04. The van der Waals surface area contributed by atoms with E-state index in [-0.39, 0.29) is 0 Å². The molecular weight excluding hydrogens is 242 g/mol. The van der Waals surface area contributed by atoms with E-state index >= 15 is 0 Å². The summed E-state index contributed by atoms with van der Waals surface area (Å²) >= 11 is 1.57. The van der Waals surface area contributed by atoms with Crippen molar-refractivity contribution in [1.29, 1.82) is 0 Å². The maximum Gasteiger partial charge on any atom is 0.209 e. The number of tetrazole rings is 1. The molecule has 0 spiro atoms. The summed E-state index contributed by atoms with van der Waals surface area (Å²) in [5.41, 5.74) is 5.45. The molecule has 0 aliphatic heterocycles. The summed E-state index contributed by atoms with van der Waals surface area (Å²) in [5.74, 6) is 0.831. The summed E-state index contributed by atoms with van der Waals surface area (Å²) in [6.07, 6.45) is 0.923. The fourth-order valence-corrected chi connectivity index (χ4v) is 1.92. The molecule has 0 saturated heterocycles. The maximum absolute atomic E-state index is 5.45. The van der Waals surface area contributed by atoms with Gasteiger partial charge in [-0.1, -0.05) is 11.8 Å². The maximum atomic E-state index is 5.45. The lowest BCUT2D eigenvalue weighted by molar-refractivity contribution is 0.113. The van der Waals surface area contributed by atoms with Crippen LogP contribution in [0.3, 0.4) is 0 Å². The molecule has 8 heteroatoms. The monoisotopic (exact) mass is 261 g/mol. The molecule has 0 radical (unpaired) electrons. The third-order valence-electron chi connectivity index (χ3n) is 1.94. The van der Waals surface area contributed by atoms with Crippen molar-refractivity contribution in [2.45, 2.75) is 18.1 Å². The number of nitrogens with two attached hydrogens (primary N) is 1. The van der Waals surface area contributed by atoms with Crippen molar-refractivity contribution >= 4 is 11.8 Å². The Morgan fingerprint density at radius 3 is 3.00 bits per heavy atom. The van der Waals surface area contributed by atoms with Crippen LogP contribution in [0.4, 0.5) is 0 Å². The van der Waals surface area contributed by atoms with Crippen LogP contribution in [0.2, 0.25) is 0 Å². The minimum Gasteiger partial charge on any atom is -0.385 e. The van der Waals surface area contributed by atoms with E-state index in [1.165, 1.54) is 0 Å². The first-order valence-electron chi connectivity index (χ1n) is 5.54. The molecule has 7 nitrogen and oxygen atoms in total. The van der Waals surface area contributed by atoms with Crippen molar-refractivity contribution in [3.05, 3.63) is 0 Å². The quantitative estimate of drug-likeness (QED) is 0.460. The van der Waals surface area contributed by atoms with Gasteiger partial charge in [-0.05, 0) is 16.8 Å². The zero-order valence-corrected chi connectivity index (χ0v) is 10.9. The van der Waals surface area contributed by atoms with Crippen LogP contribution < -0.4 is 5.73 Å². The van der Waals surface area contributed by atoms with Gasteiger partial charge in [-0.25, -0.2) is 4.68 Å². The number of hydrogen-bond acceptors (Lipinski definition) is 7. The molecule has 0 saturated carbocycles. The molecule has 0 amide bonds. The van der Waals surface area contributed by atoms with E-state index in [1.807, 2.05) is 0 Å². The fourth-order valence-electron chi connectivity index (χ4n) is 1.16. The van der Waals surface area contributed by atoms with Crippen molar-refractivity contribution in [3.63, 3.8) is 0 Å². The highest BCUT2D eigenvalue weighted by atomic mass is 32.2. The fraction of sp³-hybridized carbons (Fsp3) is 0.889. The molecule has 1 aromatic rings. The molecule has 17 heavy (non-hydrogen) atoms. The number of methoxy groups -OCH3 is 1.